The number of aromatic nitrogens is 3. The number of amides is 2. The molecule has 0 spiro atoms. The number of aryl methyl sites for hydroxylation is 1. The Labute approximate surface area is 173 Å². The van der Waals surface area contributed by atoms with E-state index in [2.05, 4.69) is 25.6 Å². The number of nitrogen functional groups attached to an aromatic ring is 1. The third-order valence-electron chi connectivity index (χ3n) is 4.46. The molecule has 0 aliphatic rings. The Morgan fingerprint density at radius 1 is 1.10 bits per heavy atom. The van der Waals surface area contributed by atoms with Crippen LogP contribution < -0.4 is 16.4 Å². The maximum atomic E-state index is 13.2. The number of aromatic amines is 1. The van der Waals surface area contributed by atoms with E-state index >= 15 is 0 Å². The molecule has 0 saturated carbocycles. The minimum Gasteiger partial charge on any atom is -0.384 e. The second kappa shape index (κ2) is 10.1. The molecule has 0 aliphatic heterocycles. The van der Waals surface area contributed by atoms with Gasteiger partial charge in [-0.15, -0.1) is 0 Å². The molecule has 0 unspecified atom stereocenters. The van der Waals surface area contributed by atoms with Crippen molar-refractivity contribution in [2.24, 2.45) is 0 Å². The number of nitrogens with one attached hydrogen (secondary N) is 3. The van der Waals surface area contributed by atoms with E-state index in [0.717, 1.165) is 11.1 Å². The number of carbonyl (C=O) groups is 2. The molecule has 9 heteroatoms. The van der Waals surface area contributed by atoms with E-state index in [4.69, 9.17) is 5.73 Å². The number of imidazole rings is 1. The minimum atomic E-state index is -0.804. The van der Waals surface area contributed by atoms with Crippen molar-refractivity contribution in [3.8, 4) is 0 Å². The van der Waals surface area contributed by atoms with E-state index in [9.17, 15) is 14.0 Å². The van der Waals surface area contributed by atoms with Gasteiger partial charge in [0.1, 0.15) is 23.5 Å². The molecule has 30 heavy (non-hydrogen) atoms. The Bertz CT molecular complexity index is 958. The highest BCUT2D eigenvalue weighted by Gasteiger charge is 2.21. The van der Waals surface area contributed by atoms with E-state index in [0.29, 0.717) is 18.1 Å². The van der Waals surface area contributed by atoms with Crippen molar-refractivity contribution >= 4 is 17.6 Å². The fraction of sp³-hybridized carbons (Fsp3) is 0.238. The lowest BCUT2D eigenvalue weighted by Gasteiger charge is -2.19. The highest BCUT2D eigenvalue weighted by atomic mass is 19.1. The van der Waals surface area contributed by atoms with Crippen LogP contribution in [0.3, 0.4) is 0 Å². The summed E-state index contributed by atoms with van der Waals surface area (Å²) in [5, 5.41) is 5.56. The molecule has 0 aliphatic carbocycles. The van der Waals surface area contributed by atoms with Gasteiger partial charge in [0.2, 0.25) is 11.8 Å². The van der Waals surface area contributed by atoms with Gasteiger partial charge in [0, 0.05) is 44.4 Å². The summed E-state index contributed by atoms with van der Waals surface area (Å²) in [6.45, 7) is 0.244. The summed E-state index contributed by atoms with van der Waals surface area (Å²) >= 11 is 0. The maximum absolute atomic E-state index is 13.2. The van der Waals surface area contributed by atoms with E-state index < -0.39 is 6.04 Å². The van der Waals surface area contributed by atoms with Crippen LogP contribution in [0.15, 0.2) is 55.0 Å². The molecule has 3 aromatic rings. The summed E-state index contributed by atoms with van der Waals surface area (Å²) in [5.74, 6) is 0.104. The molecular formula is C21H23FN6O2. The molecule has 1 aromatic carbocycles. The van der Waals surface area contributed by atoms with Gasteiger partial charge in [-0.1, -0.05) is 18.2 Å². The third-order valence-corrected chi connectivity index (χ3v) is 4.46. The lowest BCUT2D eigenvalue weighted by Crippen LogP contribution is -2.47. The normalized spacial score (nSPS) is 11.6. The van der Waals surface area contributed by atoms with Gasteiger partial charge in [-0.3, -0.25) is 9.59 Å². The van der Waals surface area contributed by atoms with Gasteiger partial charge in [-0.2, -0.15) is 0 Å². The van der Waals surface area contributed by atoms with Crippen molar-refractivity contribution in [3.63, 3.8) is 0 Å². The molecule has 0 fully saturated rings. The summed E-state index contributed by atoms with van der Waals surface area (Å²) in [4.78, 5) is 36.2. The number of hydrogen-bond donors (Lipinski definition) is 4. The zero-order valence-electron chi connectivity index (χ0n) is 16.3. The highest BCUT2D eigenvalue weighted by molar-refractivity contribution is 5.87. The molecule has 2 heterocycles. The van der Waals surface area contributed by atoms with Gasteiger partial charge in [-0.05, 0) is 29.3 Å². The smallest absolute Gasteiger partial charge is 0.243 e. The average molecular weight is 410 g/mol. The molecule has 2 aromatic heterocycles. The average Bonchev–Trinajstić information content (AvgIpc) is 3.26. The number of pyridine rings is 1. The summed E-state index contributed by atoms with van der Waals surface area (Å²) in [6.07, 6.45) is 5.72. The Kier molecular flexibility index (Phi) is 7.09. The summed E-state index contributed by atoms with van der Waals surface area (Å²) in [5.41, 5.74) is 7.08. The van der Waals surface area contributed by atoms with Crippen molar-refractivity contribution in [2.75, 3.05) is 5.73 Å². The van der Waals surface area contributed by atoms with Crippen LogP contribution in [0.25, 0.3) is 0 Å². The number of anilines is 1. The Hall–Kier alpha value is -3.75. The summed E-state index contributed by atoms with van der Waals surface area (Å²) in [6, 6.07) is 8.43. The lowest BCUT2D eigenvalue weighted by atomic mass is 10.0. The van der Waals surface area contributed by atoms with Gasteiger partial charge in [-0.25, -0.2) is 14.4 Å². The Morgan fingerprint density at radius 2 is 1.87 bits per heavy atom. The molecular weight excluding hydrogens is 387 g/mol. The van der Waals surface area contributed by atoms with Crippen molar-refractivity contribution < 1.29 is 14.0 Å². The summed E-state index contributed by atoms with van der Waals surface area (Å²) in [7, 11) is 0. The highest BCUT2D eigenvalue weighted by Crippen LogP contribution is 2.08. The van der Waals surface area contributed by atoms with Gasteiger partial charge < -0.3 is 21.4 Å². The molecule has 2 amide bonds. The van der Waals surface area contributed by atoms with Crippen LogP contribution in [0, 0.1) is 5.82 Å². The number of nitrogens with zero attached hydrogens (tertiary/aromatic N) is 2. The first-order chi connectivity index (χ1) is 14.5. The fourth-order valence-electron chi connectivity index (χ4n) is 2.85. The maximum Gasteiger partial charge on any atom is 0.243 e. The Morgan fingerprint density at radius 3 is 2.53 bits per heavy atom. The number of benzene rings is 1. The predicted molar refractivity (Wildman–Crippen MR) is 109 cm³/mol. The zero-order valence-corrected chi connectivity index (χ0v) is 16.3. The number of halogens is 1. The molecule has 1 atom stereocenters. The largest absolute Gasteiger partial charge is 0.384 e. The Balaban J connectivity index is 1.62. The van der Waals surface area contributed by atoms with E-state index in [-0.39, 0.29) is 37.0 Å². The van der Waals surface area contributed by atoms with Crippen molar-refractivity contribution in [1.82, 2.24) is 25.6 Å². The number of rotatable bonds is 9. The second-order valence-electron chi connectivity index (χ2n) is 6.80. The van der Waals surface area contributed by atoms with Crippen LogP contribution in [0.4, 0.5) is 10.2 Å². The standard InChI is InChI=1S/C21H23FN6O2/c22-16-4-1-14(2-5-16)11-17(28-20(29)8-7-19-24-9-10-25-19)21(30)27-13-15-3-6-18(23)26-12-15/h1-6,9-10,12,17H,7-8,11,13H2,(H2,23,26)(H,24,25)(H,27,30)(H,28,29)/t17-/m0/s1. The third kappa shape index (κ3) is 6.40. The molecule has 0 radical (unpaired) electrons. The molecule has 0 saturated heterocycles. The van der Waals surface area contributed by atoms with Crippen LogP contribution in [0.2, 0.25) is 0 Å². The molecule has 0 bridgehead atoms. The van der Waals surface area contributed by atoms with Crippen molar-refractivity contribution in [3.05, 3.63) is 77.8 Å². The first-order valence-corrected chi connectivity index (χ1v) is 9.50. The van der Waals surface area contributed by atoms with E-state index in [1.807, 2.05) is 0 Å². The molecule has 3 rings (SSSR count). The summed E-state index contributed by atoms with van der Waals surface area (Å²) < 4.78 is 13.2. The monoisotopic (exact) mass is 410 g/mol. The minimum absolute atomic E-state index is 0.183. The van der Waals surface area contributed by atoms with Crippen LogP contribution in [0.1, 0.15) is 23.4 Å². The number of carbonyl (C=O) groups excluding carboxylic acids is 2. The van der Waals surface area contributed by atoms with Gasteiger partial charge in [0.25, 0.3) is 0 Å². The first-order valence-electron chi connectivity index (χ1n) is 9.50. The van der Waals surface area contributed by atoms with Crippen LogP contribution in [-0.4, -0.2) is 32.8 Å². The first kappa shape index (κ1) is 21.0. The van der Waals surface area contributed by atoms with Gasteiger partial charge in [0.15, 0.2) is 0 Å². The quantitative estimate of drug-likeness (QED) is 0.425. The lowest BCUT2D eigenvalue weighted by molar-refractivity contribution is -0.129. The molecule has 8 nitrogen and oxygen atoms in total. The fourth-order valence-corrected chi connectivity index (χ4v) is 2.85. The number of H-pyrrole nitrogens is 1. The molecule has 5 N–H and O–H groups in total. The topological polar surface area (TPSA) is 126 Å². The zero-order chi connectivity index (χ0) is 21.3. The second-order valence-corrected chi connectivity index (χ2v) is 6.80. The van der Waals surface area contributed by atoms with Crippen LogP contribution in [-0.2, 0) is 29.0 Å². The van der Waals surface area contributed by atoms with E-state index in [1.54, 1.807) is 42.9 Å². The van der Waals surface area contributed by atoms with Gasteiger partial charge >= 0.3 is 0 Å². The SMILES string of the molecule is Nc1ccc(CNC(=O)[C@H](Cc2ccc(F)cc2)NC(=O)CCc2ncc[nH]2)cn1. The van der Waals surface area contributed by atoms with Crippen molar-refractivity contribution in [1.29, 1.82) is 0 Å². The molecule has 156 valence electrons. The van der Waals surface area contributed by atoms with Crippen molar-refractivity contribution in [2.45, 2.75) is 31.8 Å². The number of nitrogens with two attached hydrogens (primary N) is 1. The van der Waals surface area contributed by atoms with Gasteiger partial charge in [0.05, 0.1) is 0 Å². The van der Waals surface area contributed by atoms with Crippen LogP contribution >= 0.6 is 0 Å². The van der Waals surface area contributed by atoms with E-state index in [1.165, 1.54) is 12.1 Å². The predicted octanol–water partition coefficient (Wildman–Crippen LogP) is 1.50. The number of hydrogen-bond acceptors (Lipinski definition) is 5. The van der Waals surface area contributed by atoms with Crippen LogP contribution in [0.5, 0.6) is 0 Å².